The fourth-order valence-corrected chi connectivity index (χ4v) is 10.8. The molecule has 28 heteroatoms. The average Bonchev–Trinajstić information content (AvgIpc) is 3.94. The molecule has 1 saturated heterocycles. The van der Waals surface area contributed by atoms with Crippen LogP contribution in [0.2, 0.25) is 0 Å². The number of piperidine rings is 1. The molecule has 1 aromatic carbocycles. The summed E-state index contributed by atoms with van der Waals surface area (Å²) in [5, 5.41) is 42.5. The molecule has 0 saturated carbocycles. The van der Waals surface area contributed by atoms with Crippen molar-refractivity contribution >= 4 is 77.8 Å². The van der Waals surface area contributed by atoms with Gasteiger partial charge in [-0.3, -0.25) is 53.9 Å². The lowest BCUT2D eigenvalue weighted by Crippen LogP contribution is -2.48. The second-order valence-corrected chi connectivity index (χ2v) is 22.8. The largest absolute Gasteiger partial charge is 0.506 e. The maximum absolute atomic E-state index is 14.4. The smallest absolute Gasteiger partial charge is 0.328 e. The predicted molar refractivity (Wildman–Crippen MR) is 300 cm³/mol. The summed E-state index contributed by atoms with van der Waals surface area (Å²) in [5.41, 5.74) is 4.92. The number of hydrogen-bond donors (Lipinski definition) is 10. The first-order valence-corrected chi connectivity index (χ1v) is 29.5. The molecule has 26 nitrogen and oxygen atoms in total. The Hall–Kier alpha value is -6.45. The molecule has 6 atom stereocenters. The number of anilines is 1. The molecule has 1 fully saturated rings. The van der Waals surface area contributed by atoms with E-state index in [-0.39, 0.29) is 105 Å². The molecule has 2 heterocycles. The molecule has 10 N–H and O–H groups in total. The van der Waals surface area contributed by atoms with Gasteiger partial charge in [-0.05, 0) is 68.8 Å². The van der Waals surface area contributed by atoms with E-state index in [0.717, 1.165) is 32.2 Å². The number of aromatic hydroxyl groups is 1. The van der Waals surface area contributed by atoms with Crippen molar-refractivity contribution in [2.24, 2.45) is 17.8 Å². The SMILES string of the molecule is CCC[C@H](Cc1ccc(O)c(NC(=O)CCOCCOCCNP(=O)(NNC(=O)/C=C\C(=O)O)NNC(=O)/C=C\C(=O)O)c1)NC(=O)c1csc([C@@H](C[C@H](C(C)C)N(C)C(=O)[C@@H](CC(=O)[C@H]2CCCCN2C)[C@@H](C)CC)OC(C)=O)n1. The number of hydrazine groups is 2. The number of likely N-dealkylation sites (N-methyl/N-ethyl adjacent to an activating group) is 1. The quantitative estimate of drug-likeness (QED) is 0.0113. The third-order valence-electron chi connectivity index (χ3n) is 13.3. The number of phenolic OH excluding ortho intramolecular Hbond substituents is 1. The van der Waals surface area contributed by atoms with E-state index in [2.05, 4.69) is 36.0 Å². The van der Waals surface area contributed by atoms with Crippen LogP contribution in [-0.2, 0) is 63.6 Å². The standard InChI is InChI=1S/C53H81N10O16PS/c1-9-13-37(55-51(74)40-32-81-52(57-40)45(79-35(6)64)31-42(33(3)4)63(8)53(75)38(34(5)10-2)30-44(66)41-14-11-12-23-62(41)7)28-36-15-16-43(65)39(29-36)56-46(67)21-24-77-26-27-78-25-22-54-80(76,60-58-47(68)17-19-49(70)71)61-59-48(69)18-20-50(72)73/h15-20,29,32-34,37-38,41-42,45,65H,9-14,21-28,30-31H2,1-8H3,(H,55,74)(H,56,67)(H,58,68)(H,59,69)(H,70,71)(H,72,73)(H3,54,60,61,76)/b19-17-,20-18-/t34-,37+,38-,41+,42+,45+/m0/s1. The van der Waals surface area contributed by atoms with Crippen LogP contribution in [0.25, 0.3) is 0 Å². The first-order valence-electron chi connectivity index (χ1n) is 26.9. The van der Waals surface area contributed by atoms with Gasteiger partial charge < -0.3 is 45.1 Å². The Kier molecular flexibility index (Phi) is 30.1. The lowest BCUT2D eigenvalue weighted by Gasteiger charge is -2.37. The van der Waals surface area contributed by atoms with Gasteiger partial charge in [-0.15, -0.1) is 11.3 Å². The highest BCUT2D eigenvalue weighted by molar-refractivity contribution is 7.57. The van der Waals surface area contributed by atoms with Crippen LogP contribution in [0.15, 0.2) is 47.9 Å². The number of benzene rings is 1. The fourth-order valence-electron chi connectivity index (χ4n) is 8.77. The van der Waals surface area contributed by atoms with Crippen molar-refractivity contribution in [3.63, 3.8) is 0 Å². The summed E-state index contributed by atoms with van der Waals surface area (Å²) in [6.45, 7) is 11.9. The zero-order valence-corrected chi connectivity index (χ0v) is 49.0. The molecule has 1 aliphatic heterocycles. The van der Waals surface area contributed by atoms with Gasteiger partial charge in [-0.1, -0.05) is 59.9 Å². The van der Waals surface area contributed by atoms with Crippen molar-refractivity contribution < 1.29 is 77.2 Å². The summed E-state index contributed by atoms with van der Waals surface area (Å²) in [7, 11) is -0.384. The van der Waals surface area contributed by atoms with E-state index in [1.807, 2.05) is 52.5 Å². The van der Waals surface area contributed by atoms with Crippen LogP contribution >= 0.6 is 18.9 Å². The summed E-state index contributed by atoms with van der Waals surface area (Å²) < 4.78 is 30.0. The number of aliphatic carboxylic acids is 2. The number of nitrogens with zero attached hydrogens (tertiary/aromatic N) is 3. The Morgan fingerprint density at radius 2 is 1.56 bits per heavy atom. The molecule has 1 aliphatic rings. The molecule has 81 heavy (non-hydrogen) atoms. The van der Waals surface area contributed by atoms with E-state index in [0.29, 0.717) is 54.1 Å². The van der Waals surface area contributed by atoms with Crippen LogP contribution in [0.3, 0.4) is 0 Å². The molecular weight excluding hydrogens is 1100 g/mol. The number of amides is 5. The van der Waals surface area contributed by atoms with Gasteiger partial charge in [-0.25, -0.2) is 19.7 Å². The molecule has 0 spiro atoms. The molecule has 2 aromatic rings. The van der Waals surface area contributed by atoms with E-state index >= 15 is 0 Å². The number of carboxylic acid groups (broad SMARTS) is 2. The number of thiazole rings is 1. The minimum atomic E-state index is -4.08. The molecule has 450 valence electrons. The van der Waals surface area contributed by atoms with E-state index in [4.69, 9.17) is 24.4 Å². The van der Waals surface area contributed by atoms with Crippen molar-refractivity contribution in [2.75, 3.05) is 58.9 Å². The Labute approximate surface area is 476 Å². The number of Topliss-reactive ketones (excluding diaryl/α,β-unsaturated/α-hetero) is 1. The van der Waals surface area contributed by atoms with Crippen molar-refractivity contribution in [3.8, 4) is 5.75 Å². The van der Waals surface area contributed by atoms with Gasteiger partial charge in [0.25, 0.3) is 17.7 Å². The molecule has 3 rings (SSSR count). The number of ketones is 1. The summed E-state index contributed by atoms with van der Waals surface area (Å²) in [5.74, 6) is -7.18. The van der Waals surface area contributed by atoms with Crippen LogP contribution < -0.4 is 37.0 Å². The lowest BCUT2D eigenvalue weighted by molar-refractivity contribution is -0.149. The van der Waals surface area contributed by atoms with Crippen molar-refractivity contribution in [2.45, 2.75) is 130 Å². The number of rotatable bonds is 37. The number of carbonyl (C=O) groups excluding carboxylic acids is 7. The van der Waals surface area contributed by atoms with E-state index in [1.54, 1.807) is 29.5 Å². The van der Waals surface area contributed by atoms with Crippen LogP contribution in [0.1, 0.15) is 126 Å². The summed E-state index contributed by atoms with van der Waals surface area (Å²) in [4.78, 5) is 121. The number of hydrogen-bond acceptors (Lipinski definition) is 17. The number of likely N-dealkylation sites (tertiary alicyclic amines) is 1. The van der Waals surface area contributed by atoms with Crippen LogP contribution in [0.4, 0.5) is 5.69 Å². The first kappa shape index (κ1) is 68.8. The minimum Gasteiger partial charge on any atom is -0.506 e. The van der Waals surface area contributed by atoms with E-state index in [9.17, 15) is 52.8 Å². The first-order chi connectivity index (χ1) is 38.4. The van der Waals surface area contributed by atoms with Crippen LogP contribution in [-0.4, -0.2) is 155 Å². The second kappa shape index (κ2) is 35.4. The van der Waals surface area contributed by atoms with Gasteiger partial charge in [0.15, 0.2) is 11.9 Å². The molecule has 0 unspecified atom stereocenters. The molecule has 5 amide bonds. The number of phenols is 1. The van der Waals surface area contributed by atoms with Crippen molar-refractivity contribution in [3.05, 3.63) is 64.1 Å². The number of carbonyl (C=O) groups is 9. The Balaban J connectivity index is 1.56. The van der Waals surface area contributed by atoms with E-state index in [1.165, 1.54) is 24.3 Å². The maximum Gasteiger partial charge on any atom is 0.328 e. The second-order valence-electron chi connectivity index (χ2n) is 19.9. The molecule has 0 bridgehead atoms. The molecular formula is C53H81N10O16PS. The van der Waals surface area contributed by atoms with Crippen molar-refractivity contribution in [1.29, 1.82) is 0 Å². The zero-order valence-electron chi connectivity index (χ0n) is 47.3. The topological polar surface area (TPSA) is 363 Å². The lowest BCUT2D eigenvalue weighted by atomic mass is 9.83. The third kappa shape index (κ3) is 25.1. The van der Waals surface area contributed by atoms with Gasteiger partial charge in [-0.2, -0.15) is 10.4 Å². The number of aromatic nitrogens is 1. The summed E-state index contributed by atoms with van der Waals surface area (Å²) in [6.07, 6.45) is 6.85. The molecule has 0 aliphatic carbocycles. The summed E-state index contributed by atoms with van der Waals surface area (Å²) in [6, 6.07) is 3.74. The normalized spacial score (nSPS) is 15.8. The summed E-state index contributed by atoms with van der Waals surface area (Å²) >= 11 is 1.17. The zero-order chi connectivity index (χ0) is 60.2. The van der Waals surface area contributed by atoms with Gasteiger partial charge in [0.1, 0.15) is 16.5 Å². The minimum absolute atomic E-state index is 0.0246. The van der Waals surface area contributed by atoms with E-state index < -0.39 is 67.2 Å². The third-order valence-corrected chi connectivity index (χ3v) is 15.7. The van der Waals surface area contributed by atoms with Crippen LogP contribution in [0, 0.1) is 17.8 Å². The highest BCUT2D eigenvalue weighted by Gasteiger charge is 2.38. The fraction of sp³-hybridized carbons (Fsp3) is 0.585. The Morgan fingerprint density at radius 1 is 0.914 bits per heavy atom. The Bertz CT molecular complexity index is 2520. The van der Waals surface area contributed by atoms with Gasteiger partial charge >= 0.3 is 25.5 Å². The monoisotopic (exact) mass is 1180 g/mol. The van der Waals surface area contributed by atoms with Crippen molar-refractivity contribution in [1.82, 2.24) is 46.4 Å². The number of carboxylic acids is 2. The highest BCUT2D eigenvalue weighted by atomic mass is 32.1. The van der Waals surface area contributed by atoms with Crippen LogP contribution in [0.5, 0.6) is 5.75 Å². The maximum atomic E-state index is 14.4. The average molecular weight is 1180 g/mol. The van der Waals surface area contributed by atoms with Gasteiger partial charge in [0.2, 0.25) is 11.8 Å². The van der Waals surface area contributed by atoms with Gasteiger partial charge in [0.05, 0.1) is 44.6 Å². The molecule has 1 aromatic heterocycles. The Morgan fingerprint density at radius 3 is 2.14 bits per heavy atom. The number of ether oxygens (including phenoxy) is 3. The predicted octanol–water partition coefficient (Wildman–Crippen LogP) is 4.16. The van der Waals surface area contributed by atoms with Gasteiger partial charge in [0, 0.05) is 81.0 Å². The number of esters is 1. The number of nitrogens with one attached hydrogen (secondary N) is 7. The highest BCUT2D eigenvalue weighted by Crippen LogP contribution is 2.34. The molecule has 0 radical (unpaired) electrons.